The lowest BCUT2D eigenvalue weighted by molar-refractivity contribution is 0.281. The molecule has 2 heterocycles. The maximum atomic E-state index is 5.06. The van der Waals surface area contributed by atoms with Crippen LogP contribution in [0.2, 0.25) is 0 Å². The van der Waals surface area contributed by atoms with E-state index in [9.17, 15) is 0 Å². The number of hydrogen-bond acceptors (Lipinski definition) is 4. The molecule has 0 bridgehead atoms. The van der Waals surface area contributed by atoms with E-state index in [1.54, 1.807) is 6.26 Å². The van der Waals surface area contributed by atoms with Crippen molar-refractivity contribution in [3.63, 3.8) is 0 Å². The summed E-state index contributed by atoms with van der Waals surface area (Å²) in [6.07, 6.45) is 3.36. The molecule has 1 aliphatic heterocycles. The lowest BCUT2D eigenvalue weighted by Crippen LogP contribution is -1.84. The molecule has 0 saturated carbocycles. The number of aromatic nitrogens is 2. The van der Waals surface area contributed by atoms with Gasteiger partial charge in [0.2, 0.25) is 0 Å². The van der Waals surface area contributed by atoms with Gasteiger partial charge in [-0.05, 0) is 0 Å². The second-order valence-electron chi connectivity index (χ2n) is 2.63. The van der Waals surface area contributed by atoms with Gasteiger partial charge in [-0.3, -0.25) is 0 Å². The third kappa shape index (κ3) is 1.20. The zero-order chi connectivity index (χ0) is 8.39. The topological polar surface area (TPSA) is 48.2 Å². The van der Waals surface area contributed by atoms with Gasteiger partial charge in [0.15, 0.2) is 5.82 Å². The molecule has 1 aliphatic rings. The SMILES string of the molecule is CCc1noc(C2=COCC2)n1. The minimum Gasteiger partial charge on any atom is -0.500 e. The normalized spacial score (nSPS) is 15.9. The molecule has 0 atom stereocenters. The molecule has 2 rings (SSSR count). The predicted octanol–water partition coefficient (Wildman–Crippen LogP) is 1.39. The molecule has 64 valence electrons. The van der Waals surface area contributed by atoms with Crippen molar-refractivity contribution in [3.8, 4) is 0 Å². The van der Waals surface area contributed by atoms with E-state index in [2.05, 4.69) is 10.1 Å². The summed E-state index contributed by atoms with van der Waals surface area (Å²) in [6.45, 7) is 2.72. The van der Waals surface area contributed by atoms with Gasteiger partial charge in [0, 0.05) is 12.8 Å². The van der Waals surface area contributed by atoms with Crippen LogP contribution in [0.25, 0.3) is 5.57 Å². The molecule has 12 heavy (non-hydrogen) atoms. The largest absolute Gasteiger partial charge is 0.500 e. The summed E-state index contributed by atoms with van der Waals surface area (Å²) in [5, 5.41) is 3.80. The van der Waals surface area contributed by atoms with Crippen LogP contribution in [0.5, 0.6) is 0 Å². The third-order valence-electron chi connectivity index (χ3n) is 1.77. The average Bonchev–Trinajstić information content (AvgIpc) is 2.75. The van der Waals surface area contributed by atoms with Crippen LogP contribution in [0.1, 0.15) is 25.1 Å². The lowest BCUT2D eigenvalue weighted by atomic mass is 10.2. The molecular formula is C8H10N2O2. The van der Waals surface area contributed by atoms with E-state index in [4.69, 9.17) is 9.26 Å². The second kappa shape index (κ2) is 2.97. The Bertz CT molecular complexity index is 304. The third-order valence-corrected chi connectivity index (χ3v) is 1.77. The molecule has 0 aromatic carbocycles. The van der Waals surface area contributed by atoms with Crippen LogP contribution >= 0.6 is 0 Å². The van der Waals surface area contributed by atoms with Gasteiger partial charge in [-0.25, -0.2) is 0 Å². The molecule has 0 radical (unpaired) electrons. The van der Waals surface area contributed by atoms with Crippen LogP contribution in [0.3, 0.4) is 0 Å². The summed E-state index contributed by atoms with van der Waals surface area (Å²) >= 11 is 0. The van der Waals surface area contributed by atoms with Crippen molar-refractivity contribution >= 4 is 5.57 Å². The molecule has 1 aromatic rings. The highest BCUT2D eigenvalue weighted by Gasteiger charge is 2.14. The van der Waals surface area contributed by atoms with Crippen LogP contribution < -0.4 is 0 Å². The van der Waals surface area contributed by atoms with Crippen LogP contribution in [0, 0.1) is 0 Å². The Morgan fingerprint density at radius 2 is 2.50 bits per heavy atom. The highest BCUT2D eigenvalue weighted by molar-refractivity contribution is 5.58. The standard InChI is InChI=1S/C8H10N2O2/c1-2-7-9-8(12-10-7)6-3-4-11-5-6/h5H,2-4H2,1H3. The Balaban J connectivity index is 2.22. The first kappa shape index (κ1) is 7.34. The lowest BCUT2D eigenvalue weighted by Gasteiger charge is -1.86. The highest BCUT2D eigenvalue weighted by Crippen LogP contribution is 2.20. The van der Waals surface area contributed by atoms with Gasteiger partial charge in [-0.2, -0.15) is 4.98 Å². The predicted molar refractivity (Wildman–Crippen MR) is 42.2 cm³/mol. The molecular weight excluding hydrogens is 156 g/mol. The van der Waals surface area contributed by atoms with E-state index < -0.39 is 0 Å². The first-order valence-electron chi connectivity index (χ1n) is 4.03. The smallest absolute Gasteiger partial charge is 0.257 e. The van der Waals surface area contributed by atoms with Crippen LogP contribution in [-0.4, -0.2) is 16.7 Å². The van der Waals surface area contributed by atoms with Gasteiger partial charge in [0.1, 0.15) is 0 Å². The molecule has 0 amide bonds. The zero-order valence-electron chi connectivity index (χ0n) is 6.91. The van der Waals surface area contributed by atoms with E-state index >= 15 is 0 Å². The number of rotatable bonds is 2. The van der Waals surface area contributed by atoms with Gasteiger partial charge in [-0.15, -0.1) is 0 Å². The van der Waals surface area contributed by atoms with Crippen molar-refractivity contribution in [1.82, 2.24) is 10.1 Å². The number of nitrogens with zero attached hydrogens (tertiary/aromatic N) is 2. The Morgan fingerprint density at radius 1 is 1.58 bits per heavy atom. The van der Waals surface area contributed by atoms with Gasteiger partial charge in [0.25, 0.3) is 5.89 Å². The Kier molecular flexibility index (Phi) is 1.81. The van der Waals surface area contributed by atoms with Crippen molar-refractivity contribution in [2.45, 2.75) is 19.8 Å². The summed E-state index contributed by atoms with van der Waals surface area (Å²) in [7, 11) is 0. The van der Waals surface area contributed by atoms with E-state index in [0.29, 0.717) is 5.89 Å². The molecule has 0 aliphatic carbocycles. The second-order valence-corrected chi connectivity index (χ2v) is 2.63. The molecule has 0 spiro atoms. The van der Waals surface area contributed by atoms with Crippen LogP contribution in [0.4, 0.5) is 0 Å². The fourth-order valence-electron chi connectivity index (χ4n) is 1.07. The van der Waals surface area contributed by atoms with Gasteiger partial charge in [-0.1, -0.05) is 12.1 Å². The van der Waals surface area contributed by atoms with E-state index in [1.165, 1.54) is 0 Å². The fraction of sp³-hybridized carbons (Fsp3) is 0.500. The number of ether oxygens (including phenoxy) is 1. The summed E-state index contributed by atoms with van der Waals surface area (Å²) in [6, 6.07) is 0. The minimum absolute atomic E-state index is 0.601. The molecule has 4 nitrogen and oxygen atoms in total. The maximum Gasteiger partial charge on any atom is 0.257 e. The molecule has 0 unspecified atom stereocenters. The molecule has 4 heteroatoms. The summed E-state index contributed by atoms with van der Waals surface area (Å²) in [4.78, 5) is 4.18. The molecule has 0 N–H and O–H groups in total. The van der Waals surface area contributed by atoms with Crippen molar-refractivity contribution in [2.75, 3.05) is 6.61 Å². The van der Waals surface area contributed by atoms with Gasteiger partial charge >= 0.3 is 0 Å². The number of hydrogen-bond donors (Lipinski definition) is 0. The van der Waals surface area contributed by atoms with Gasteiger partial charge in [0.05, 0.1) is 18.4 Å². The minimum atomic E-state index is 0.601. The average molecular weight is 166 g/mol. The first-order valence-corrected chi connectivity index (χ1v) is 4.03. The van der Waals surface area contributed by atoms with Crippen LogP contribution in [-0.2, 0) is 11.2 Å². The van der Waals surface area contributed by atoms with E-state index in [-0.39, 0.29) is 0 Å². The Labute approximate surface area is 70.2 Å². The quantitative estimate of drug-likeness (QED) is 0.666. The van der Waals surface area contributed by atoms with Gasteiger partial charge < -0.3 is 9.26 Å². The van der Waals surface area contributed by atoms with Crippen molar-refractivity contribution in [2.24, 2.45) is 0 Å². The maximum absolute atomic E-state index is 5.06. The summed E-state index contributed by atoms with van der Waals surface area (Å²) in [5.74, 6) is 1.35. The number of aryl methyl sites for hydroxylation is 1. The van der Waals surface area contributed by atoms with Crippen molar-refractivity contribution in [1.29, 1.82) is 0 Å². The van der Waals surface area contributed by atoms with E-state index in [1.807, 2.05) is 6.92 Å². The van der Waals surface area contributed by atoms with Crippen molar-refractivity contribution in [3.05, 3.63) is 18.0 Å². The monoisotopic (exact) mass is 166 g/mol. The molecule has 1 aromatic heterocycles. The zero-order valence-corrected chi connectivity index (χ0v) is 6.91. The molecule has 0 fully saturated rings. The highest BCUT2D eigenvalue weighted by atomic mass is 16.5. The summed E-state index contributed by atoms with van der Waals surface area (Å²) in [5.41, 5.74) is 1.00. The fourth-order valence-corrected chi connectivity index (χ4v) is 1.07. The van der Waals surface area contributed by atoms with E-state index in [0.717, 1.165) is 30.8 Å². The van der Waals surface area contributed by atoms with Crippen molar-refractivity contribution < 1.29 is 9.26 Å². The Hall–Kier alpha value is -1.32. The summed E-state index contributed by atoms with van der Waals surface area (Å²) < 4.78 is 10.1. The molecule has 0 saturated heterocycles. The first-order chi connectivity index (χ1) is 5.90. The Morgan fingerprint density at radius 3 is 3.08 bits per heavy atom. The van der Waals surface area contributed by atoms with Crippen LogP contribution in [0.15, 0.2) is 10.8 Å².